The molecule has 1 aliphatic rings. The molecule has 1 aromatic carbocycles. The summed E-state index contributed by atoms with van der Waals surface area (Å²) in [4.78, 5) is 14.9. The summed E-state index contributed by atoms with van der Waals surface area (Å²) in [6.45, 7) is 6.55. The first-order valence-electron chi connectivity index (χ1n) is 8.39. The van der Waals surface area contributed by atoms with Gasteiger partial charge in [0.2, 0.25) is 0 Å². The Morgan fingerprint density at radius 2 is 1.83 bits per heavy atom. The third kappa shape index (κ3) is 3.19. The van der Waals surface area contributed by atoms with Crippen LogP contribution in [0.15, 0.2) is 24.3 Å². The second-order valence-corrected chi connectivity index (χ2v) is 6.20. The van der Waals surface area contributed by atoms with Crippen LogP contribution in [0.3, 0.4) is 0 Å². The van der Waals surface area contributed by atoms with Crippen molar-refractivity contribution in [3.05, 3.63) is 46.2 Å². The minimum absolute atomic E-state index is 0.0622. The molecule has 1 aromatic heterocycles. The van der Waals surface area contributed by atoms with Crippen molar-refractivity contribution in [2.24, 2.45) is 0 Å². The van der Waals surface area contributed by atoms with Crippen LogP contribution in [0.5, 0.6) is 0 Å². The molecule has 0 bridgehead atoms. The van der Waals surface area contributed by atoms with E-state index < -0.39 is 0 Å². The Balaban J connectivity index is 2.04. The van der Waals surface area contributed by atoms with Crippen molar-refractivity contribution in [3.8, 4) is 5.69 Å². The van der Waals surface area contributed by atoms with Gasteiger partial charge in [0.25, 0.3) is 5.91 Å². The molecule has 3 rings (SSSR count). The largest absolute Gasteiger partial charge is 0.378 e. The van der Waals surface area contributed by atoms with Crippen LogP contribution >= 0.6 is 11.6 Å². The van der Waals surface area contributed by atoms with Gasteiger partial charge in [-0.15, -0.1) is 0 Å². The summed E-state index contributed by atoms with van der Waals surface area (Å²) < 4.78 is 7.24. The van der Waals surface area contributed by atoms with Gasteiger partial charge in [0.1, 0.15) is 0 Å². The van der Waals surface area contributed by atoms with Gasteiger partial charge < -0.3 is 9.64 Å². The van der Waals surface area contributed by atoms with Crippen molar-refractivity contribution >= 4 is 17.5 Å². The molecule has 128 valence electrons. The van der Waals surface area contributed by atoms with Gasteiger partial charge in [-0.05, 0) is 37.1 Å². The third-order valence-electron chi connectivity index (χ3n) is 4.31. The van der Waals surface area contributed by atoms with Gasteiger partial charge >= 0.3 is 0 Å². The Kier molecular flexibility index (Phi) is 5.21. The zero-order valence-corrected chi connectivity index (χ0v) is 14.8. The number of rotatable bonds is 4. The van der Waals surface area contributed by atoms with Crippen molar-refractivity contribution in [1.29, 1.82) is 0 Å². The molecule has 24 heavy (non-hydrogen) atoms. The number of benzene rings is 1. The van der Waals surface area contributed by atoms with E-state index in [9.17, 15) is 4.79 Å². The number of hydrogen-bond donors (Lipinski definition) is 0. The van der Waals surface area contributed by atoms with Gasteiger partial charge in [-0.2, -0.15) is 5.10 Å². The molecule has 1 saturated heterocycles. The van der Waals surface area contributed by atoms with Gasteiger partial charge in [-0.3, -0.25) is 4.79 Å². The van der Waals surface area contributed by atoms with E-state index in [0.717, 1.165) is 35.5 Å². The Morgan fingerprint density at radius 3 is 2.42 bits per heavy atom. The first-order valence-corrected chi connectivity index (χ1v) is 8.77. The molecule has 0 atom stereocenters. The molecule has 0 N–H and O–H groups in total. The lowest BCUT2D eigenvalue weighted by Crippen LogP contribution is -2.41. The van der Waals surface area contributed by atoms with E-state index >= 15 is 0 Å². The molecule has 0 saturated carbocycles. The number of carbonyl (C=O) groups is 1. The topological polar surface area (TPSA) is 47.4 Å². The number of aryl methyl sites for hydroxylation is 1. The van der Waals surface area contributed by atoms with E-state index in [1.807, 2.05) is 40.8 Å². The van der Waals surface area contributed by atoms with Crippen LogP contribution in [0.1, 0.15) is 35.6 Å². The van der Waals surface area contributed by atoms with Crippen LogP contribution in [0.25, 0.3) is 5.69 Å². The molecule has 6 heteroatoms. The average Bonchev–Trinajstić information content (AvgIpc) is 3.01. The number of amides is 1. The maximum absolute atomic E-state index is 13.1. The maximum Gasteiger partial charge on any atom is 0.257 e. The van der Waals surface area contributed by atoms with Crippen molar-refractivity contribution in [2.75, 3.05) is 26.3 Å². The van der Waals surface area contributed by atoms with Crippen LogP contribution in [0.2, 0.25) is 5.02 Å². The fraction of sp³-hybridized carbons (Fsp3) is 0.444. The molecule has 0 radical (unpaired) electrons. The predicted molar refractivity (Wildman–Crippen MR) is 94.1 cm³/mol. The van der Waals surface area contributed by atoms with Crippen LogP contribution in [-0.2, 0) is 17.6 Å². The highest BCUT2D eigenvalue weighted by Crippen LogP contribution is 2.23. The quantitative estimate of drug-likeness (QED) is 0.853. The molecule has 0 aliphatic carbocycles. The number of aromatic nitrogens is 2. The standard InChI is InChI=1S/C18H22ClN3O2/c1-3-15-17(18(23)21-9-11-24-12-10-21)16(4-2)22(20-15)14-7-5-13(19)6-8-14/h5-8H,3-4,9-12H2,1-2H3. The molecule has 0 spiro atoms. The molecule has 1 amide bonds. The van der Waals surface area contributed by atoms with E-state index in [0.29, 0.717) is 31.3 Å². The Hall–Kier alpha value is -1.85. The first kappa shape index (κ1) is 17.0. The summed E-state index contributed by atoms with van der Waals surface area (Å²) in [5.74, 6) is 0.0622. The monoisotopic (exact) mass is 347 g/mol. The second-order valence-electron chi connectivity index (χ2n) is 5.77. The number of nitrogens with zero attached hydrogens (tertiary/aromatic N) is 3. The van der Waals surface area contributed by atoms with Crippen molar-refractivity contribution < 1.29 is 9.53 Å². The second kappa shape index (κ2) is 7.36. The van der Waals surface area contributed by atoms with E-state index in [2.05, 4.69) is 6.92 Å². The van der Waals surface area contributed by atoms with Crippen LogP contribution < -0.4 is 0 Å². The highest BCUT2D eigenvalue weighted by Gasteiger charge is 2.27. The van der Waals surface area contributed by atoms with Crippen LogP contribution in [0.4, 0.5) is 0 Å². The highest BCUT2D eigenvalue weighted by molar-refractivity contribution is 6.30. The number of halogens is 1. The van der Waals surface area contributed by atoms with Crippen LogP contribution in [-0.4, -0.2) is 46.9 Å². The fourth-order valence-corrected chi connectivity index (χ4v) is 3.17. The van der Waals surface area contributed by atoms with E-state index in [1.165, 1.54) is 0 Å². The Labute approximate surface area is 147 Å². The van der Waals surface area contributed by atoms with Gasteiger partial charge in [0.15, 0.2) is 0 Å². The fourth-order valence-electron chi connectivity index (χ4n) is 3.04. The third-order valence-corrected chi connectivity index (χ3v) is 4.56. The molecule has 1 fully saturated rings. The summed E-state index contributed by atoms with van der Waals surface area (Å²) in [6.07, 6.45) is 1.46. The smallest absolute Gasteiger partial charge is 0.257 e. The average molecular weight is 348 g/mol. The number of hydrogen-bond acceptors (Lipinski definition) is 3. The van der Waals surface area contributed by atoms with E-state index in [-0.39, 0.29) is 5.91 Å². The summed E-state index contributed by atoms with van der Waals surface area (Å²) in [7, 11) is 0. The number of morpholine rings is 1. The van der Waals surface area contributed by atoms with Crippen molar-refractivity contribution in [2.45, 2.75) is 26.7 Å². The minimum atomic E-state index is 0.0622. The lowest BCUT2D eigenvalue weighted by atomic mass is 10.1. The predicted octanol–water partition coefficient (Wildman–Crippen LogP) is 3.12. The molecule has 0 unspecified atom stereocenters. The molecular weight excluding hydrogens is 326 g/mol. The lowest BCUT2D eigenvalue weighted by molar-refractivity contribution is 0.0301. The minimum Gasteiger partial charge on any atom is -0.378 e. The van der Waals surface area contributed by atoms with Gasteiger partial charge in [-0.25, -0.2) is 4.68 Å². The number of ether oxygens (including phenoxy) is 1. The summed E-state index contributed by atoms with van der Waals surface area (Å²) >= 11 is 5.99. The Morgan fingerprint density at radius 1 is 1.17 bits per heavy atom. The normalized spacial score (nSPS) is 14.9. The lowest BCUT2D eigenvalue weighted by Gasteiger charge is -2.27. The van der Waals surface area contributed by atoms with E-state index in [4.69, 9.17) is 21.4 Å². The van der Waals surface area contributed by atoms with Gasteiger partial charge in [-0.1, -0.05) is 25.4 Å². The van der Waals surface area contributed by atoms with Crippen molar-refractivity contribution in [3.63, 3.8) is 0 Å². The zero-order chi connectivity index (χ0) is 17.1. The molecule has 5 nitrogen and oxygen atoms in total. The van der Waals surface area contributed by atoms with Gasteiger partial charge in [0.05, 0.1) is 35.9 Å². The van der Waals surface area contributed by atoms with Crippen molar-refractivity contribution in [1.82, 2.24) is 14.7 Å². The van der Waals surface area contributed by atoms with Gasteiger partial charge in [0, 0.05) is 18.1 Å². The van der Waals surface area contributed by atoms with Crippen LogP contribution in [0, 0.1) is 0 Å². The molecule has 1 aliphatic heterocycles. The SMILES string of the molecule is CCc1nn(-c2ccc(Cl)cc2)c(CC)c1C(=O)N1CCOCC1. The highest BCUT2D eigenvalue weighted by atomic mass is 35.5. The van der Waals surface area contributed by atoms with E-state index in [1.54, 1.807) is 0 Å². The number of carbonyl (C=O) groups excluding carboxylic acids is 1. The maximum atomic E-state index is 13.1. The summed E-state index contributed by atoms with van der Waals surface area (Å²) in [5.41, 5.74) is 3.47. The summed E-state index contributed by atoms with van der Waals surface area (Å²) in [6, 6.07) is 7.54. The zero-order valence-electron chi connectivity index (χ0n) is 14.1. The Bertz CT molecular complexity index is 719. The first-order chi connectivity index (χ1) is 11.7. The molecule has 2 heterocycles. The molecule has 2 aromatic rings. The summed E-state index contributed by atoms with van der Waals surface area (Å²) in [5, 5.41) is 5.39. The molecular formula is C18H22ClN3O2.